The van der Waals surface area contributed by atoms with E-state index >= 15 is 0 Å². The lowest BCUT2D eigenvalue weighted by Gasteiger charge is -2.00. The lowest BCUT2D eigenvalue weighted by molar-refractivity contribution is 1.33. The molecule has 1 heteroatoms. The van der Waals surface area contributed by atoms with Crippen molar-refractivity contribution in [2.45, 2.75) is 20.3 Å². The van der Waals surface area contributed by atoms with Crippen LogP contribution in [0.3, 0.4) is 0 Å². The second-order valence-corrected chi connectivity index (χ2v) is 5.63. The van der Waals surface area contributed by atoms with Gasteiger partial charge in [0.15, 0.2) is 0 Å². The highest BCUT2D eigenvalue weighted by Crippen LogP contribution is 2.20. The molecule has 0 N–H and O–H groups in total. The van der Waals surface area contributed by atoms with Gasteiger partial charge in [0, 0.05) is 0 Å². The van der Waals surface area contributed by atoms with Crippen LogP contribution in [-0.2, 0) is 0 Å². The zero-order valence-corrected chi connectivity index (χ0v) is 7.97. The van der Waals surface area contributed by atoms with Crippen LogP contribution in [0.15, 0.2) is 21.8 Å². The van der Waals surface area contributed by atoms with E-state index in [4.69, 9.17) is 0 Å². The summed E-state index contributed by atoms with van der Waals surface area (Å²) in [5.74, 6) is 0. The number of hydrogen-bond acceptors (Lipinski definition) is 0. The highest BCUT2D eigenvalue weighted by molar-refractivity contribution is 14.2. The molecule has 1 aliphatic rings. The molecule has 9 heavy (non-hydrogen) atoms. The van der Waals surface area contributed by atoms with Gasteiger partial charge >= 0.3 is 0 Å². The van der Waals surface area contributed by atoms with Gasteiger partial charge in [-0.3, -0.25) is 0 Å². The van der Waals surface area contributed by atoms with Crippen LogP contribution in [0, 0.1) is 0 Å². The van der Waals surface area contributed by atoms with Crippen LogP contribution in [0.2, 0.25) is 0 Å². The Balaban J connectivity index is 2.78. The maximum absolute atomic E-state index is 2.26. The van der Waals surface area contributed by atoms with E-state index in [0.29, 0.717) is 0 Å². The Morgan fingerprint density at radius 2 is 2.33 bits per heavy atom. The molecular formula is C8H11I. The van der Waals surface area contributed by atoms with Crippen LogP contribution < -0.4 is 0 Å². The quantitative estimate of drug-likeness (QED) is 0.612. The molecule has 0 unspecified atom stereocenters. The molecule has 0 saturated carbocycles. The first-order valence-corrected chi connectivity index (χ1v) is 5.34. The van der Waals surface area contributed by atoms with Gasteiger partial charge in [-0.1, -0.05) is 45.9 Å². The molecule has 1 rings (SSSR count). The monoisotopic (exact) mass is 234 g/mol. The Kier molecular flexibility index (Phi) is 2.64. The van der Waals surface area contributed by atoms with E-state index in [1.54, 1.807) is 7.09 Å². The molecule has 0 amide bonds. The standard InChI is InChI=1S/C8H11I/c1-3-8-6-4-5-7(2)9-8/h4-6H,3H2,1-2H3. The Labute approximate surface area is 66.4 Å². The first-order chi connectivity index (χ1) is 4.33. The van der Waals surface area contributed by atoms with Crippen LogP contribution >= 0.6 is 20.7 Å². The fraction of sp³-hybridized carbons (Fsp3) is 0.375. The van der Waals surface area contributed by atoms with Gasteiger partial charge in [0.25, 0.3) is 0 Å². The van der Waals surface area contributed by atoms with Gasteiger partial charge in [-0.05, 0) is 20.4 Å². The summed E-state index contributed by atoms with van der Waals surface area (Å²) in [5.41, 5.74) is 0. The third-order valence-electron chi connectivity index (χ3n) is 1.21. The molecule has 0 spiro atoms. The van der Waals surface area contributed by atoms with Crippen molar-refractivity contribution in [2.75, 3.05) is 0 Å². The maximum atomic E-state index is 2.26. The smallest absolute Gasteiger partial charge is 0.0147 e. The topological polar surface area (TPSA) is 0 Å². The summed E-state index contributed by atoms with van der Waals surface area (Å²) in [7, 11) is 0. The zero-order valence-electron chi connectivity index (χ0n) is 5.82. The van der Waals surface area contributed by atoms with Gasteiger partial charge in [-0.25, -0.2) is 0 Å². The molecule has 1 heterocycles. The molecule has 50 valence electrons. The predicted molar refractivity (Wildman–Crippen MR) is 52.2 cm³/mol. The molecule has 0 bridgehead atoms. The van der Waals surface area contributed by atoms with Gasteiger partial charge in [-0.15, -0.1) is 0 Å². The number of rotatable bonds is 1. The van der Waals surface area contributed by atoms with E-state index in [1.165, 1.54) is 6.42 Å². The SMILES string of the molecule is CCC1=IC(C)=CC=C1. The van der Waals surface area contributed by atoms with Gasteiger partial charge < -0.3 is 0 Å². The molecule has 1 aliphatic heterocycles. The lowest BCUT2D eigenvalue weighted by Crippen LogP contribution is -1.86. The Morgan fingerprint density at radius 1 is 1.56 bits per heavy atom. The normalized spacial score (nSPS) is 18.0. The van der Waals surface area contributed by atoms with E-state index in [9.17, 15) is 0 Å². The van der Waals surface area contributed by atoms with Crippen molar-refractivity contribution in [3.05, 3.63) is 21.8 Å². The van der Waals surface area contributed by atoms with Gasteiger partial charge in [0.2, 0.25) is 0 Å². The molecule has 0 aromatic heterocycles. The lowest BCUT2D eigenvalue weighted by atomic mass is 10.3. The minimum atomic E-state index is 0.277. The fourth-order valence-electron chi connectivity index (χ4n) is 0.724. The minimum Gasteiger partial charge on any atom is -0.0869 e. The minimum absolute atomic E-state index is 0.277. The molecule has 0 aromatic carbocycles. The summed E-state index contributed by atoms with van der Waals surface area (Å²) >= 11 is 0.277. The van der Waals surface area contributed by atoms with Crippen molar-refractivity contribution >= 4 is 24.2 Å². The van der Waals surface area contributed by atoms with Crippen LogP contribution in [0.5, 0.6) is 0 Å². The second-order valence-electron chi connectivity index (χ2n) is 2.01. The van der Waals surface area contributed by atoms with Crippen molar-refractivity contribution in [3.63, 3.8) is 0 Å². The Morgan fingerprint density at radius 3 is 2.78 bits per heavy atom. The Hall–Kier alpha value is 0.0800. The van der Waals surface area contributed by atoms with Crippen molar-refractivity contribution < 1.29 is 0 Å². The first kappa shape index (κ1) is 7.19. The van der Waals surface area contributed by atoms with Gasteiger partial charge in [-0.2, -0.15) is 0 Å². The van der Waals surface area contributed by atoms with Crippen molar-refractivity contribution in [2.24, 2.45) is 0 Å². The van der Waals surface area contributed by atoms with Crippen LogP contribution in [0.4, 0.5) is 0 Å². The second kappa shape index (κ2) is 3.30. The van der Waals surface area contributed by atoms with Crippen LogP contribution in [-0.4, -0.2) is 3.51 Å². The molecule has 0 radical (unpaired) electrons. The molecule has 0 aliphatic carbocycles. The van der Waals surface area contributed by atoms with Crippen LogP contribution in [0.1, 0.15) is 20.3 Å². The highest BCUT2D eigenvalue weighted by atomic mass is 127. The number of allylic oxidation sites excluding steroid dienone is 4. The van der Waals surface area contributed by atoms with Crippen molar-refractivity contribution in [1.82, 2.24) is 0 Å². The summed E-state index contributed by atoms with van der Waals surface area (Å²) in [6.45, 7) is 4.46. The van der Waals surface area contributed by atoms with Gasteiger partial charge in [0.05, 0.1) is 0 Å². The van der Waals surface area contributed by atoms with Crippen molar-refractivity contribution in [3.8, 4) is 0 Å². The van der Waals surface area contributed by atoms with Crippen molar-refractivity contribution in [1.29, 1.82) is 0 Å². The summed E-state index contributed by atoms with van der Waals surface area (Å²) in [4.78, 5) is 0. The zero-order chi connectivity index (χ0) is 6.69. The highest BCUT2D eigenvalue weighted by Gasteiger charge is 1.92. The van der Waals surface area contributed by atoms with E-state index in [-0.39, 0.29) is 20.7 Å². The molecule has 0 atom stereocenters. The van der Waals surface area contributed by atoms with Gasteiger partial charge in [0.1, 0.15) is 0 Å². The molecular weight excluding hydrogens is 223 g/mol. The number of hydrogen-bond donors (Lipinski definition) is 0. The molecule has 0 saturated heterocycles. The molecule has 0 fully saturated rings. The average molecular weight is 234 g/mol. The molecule has 0 nitrogen and oxygen atoms in total. The largest absolute Gasteiger partial charge is 0.0869 e. The maximum Gasteiger partial charge on any atom is -0.0147 e. The molecule has 0 aromatic rings. The summed E-state index contributed by atoms with van der Waals surface area (Å²) < 4.78 is 3.25. The Bertz CT molecular complexity index is 185. The van der Waals surface area contributed by atoms with E-state index in [1.807, 2.05) is 0 Å². The summed E-state index contributed by atoms with van der Waals surface area (Å²) in [5, 5.41) is 0. The summed E-state index contributed by atoms with van der Waals surface area (Å²) in [6.07, 6.45) is 7.90. The third-order valence-corrected chi connectivity index (χ3v) is 4.24. The van der Waals surface area contributed by atoms with E-state index in [2.05, 4.69) is 32.1 Å². The third kappa shape index (κ3) is 2.05. The number of halogens is 1. The summed E-state index contributed by atoms with van der Waals surface area (Å²) in [6, 6.07) is 0. The van der Waals surface area contributed by atoms with Crippen LogP contribution in [0.25, 0.3) is 0 Å². The predicted octanol–water partition coefficient (Wildman–Crippen LogP) is 3.01. The average Bonchev–Trinajstić information content (AvgIpc) is 1.88. The fourth-order valence-corrected chi connectivity index (χ4v) is 2.97. The van der Waals surface area contributed by atoms with E-state index < -0.39 is 0 Å². The first-order valence-electron chi connectivity index (χ1n) is 3.18. The van der Waals surface area contributed by atoms with E-state index in [0.717, 1.165) is 0 Å².